The van der Waals surface area contributed by atoms with Gasteiger partial charge < -0.3 is 9.64 Å². The van der Waals surface area contributed by atoms with Gasteiger partial charge in [-0.05, 0) is 22.4 Å². The molecule has 1 aliphatic heterocycles. The molecule has 2 nitrogen and oxygen atoms in total. The summed E-state index contributed by atoms with van der Waals surface area (Å²) in [6.45, 7) is 7.69. The summed E-state index contributed by atoms with van der Waals surface area (Å²) in [4.78, 5) is 2.30. The molecule has 0 saturated carbocycles. The van der Waals surface area contributed by atoms with Crippen LogP contribution < -0.4 is 0 Å². The molecule has 0 aliphatic carbocycles. The van der Waals surface area contributed by atoms with Gasteiger partial charge in [-0.15, -0.1) is 0 Å². The van der Waals surface area contributed by atoms with Gasteiger partial charge in [-0.25, -0.2) is 0 Å². The molecule has 0 aromatic heterocycles. The van der Waals surface area contributed by atoms with Gasteiger partial charge in [0, 0.05) is 18.8 Å². The van der Waals surface area contributed by atoms with E-state index in [0.717, 1.165) is 32.0 Å². The lowest BCUT2D eigenvalue weighted by Crippen LogP contribution is -2.34. The number of ether oxygens (including phenoxy) is 1. The summed E-state index contributed by atoms with van der Waals surface area (Å²) in [6, 6.07) is 15.0. The minimum Gasteiger partial charge on any atom is -0.378 e. The topological polar surface area (TPSA) is 12.5 Å². The van der Waals surface area contributed by atoms with Gasteiger partial charge in [-0.3, -0.25) is 0 Å². The van der Waals surface area contributed by atoms with E-state index in [-0.39, 0.29) is 0 Å². The summed E-state index contributed by atoms with van der Waals surface area (Å²) in [5.74, 6) is 0. The Morgan fingerprint density at radius 3 is 2.50 bits per heavy atom. The molecule has 3 rings (SSSR count). The summed E-state index contributed by atoms with van der Waals surface area (Å²) in [5.41, 5.74) is 2.31. The van der Waals surface area contributed by atoms with Gasteiger partial charge in [0.1, 0.15) is 0 Å². The first kappa shape index (κ1) is 11.3. The Labute approximate surface area is 107 Å². The summed E-state index contributed by atoms with van der Waals surface area (Å²) in [7, 11) is 0. The van der Waals surface area contributed by atoms with Crippen LogP contribution in [0.15, 0.2) is 49.0 Å². The maximum atomic E-state index is 5.37. The van der Waals surface area contributed by atoms with Crippen molar-refractivity contribution in [3.8, 4) is 0 Å². The third-order valence-corrected chi connectivity index (χ3v) is 3.48. The zero-order chi connectivity index (χ0) is 12.4. The monoisotopic (exact) mass is 239 g/mol. The minimum atomic E-state index is 0.798. The number of benzene rings is 2. The summed E-state index contributed by atoms with van der Waals surface area (Å²) < 4.78 is 5.37. The normalized spacial score (nSPS) is 15.9. The molecule has 2 aromatic carbocycles. The molecular weight excluding hydrogens is 222 g/mol. The van der Waals surface area contributed by atoms with Crippen molar-refractivity contribution in [1.82, 2.24) is 4.90 Å². The molecule has 2 heteroatoms. The molecule has 0 unspecified atom stereocenters. The molecule has 0 radical (unpaired) electrons. The third-order valence-electron chi connectivity index (χ3n) is 3.48. The van der Waals surface area contributed by atoms with Crippen LogP contribution in [0.4, 0.5) is 0 Å². The molecule has 1 saturated heterocycles. The van der Waals surface area contributed by atoms with Crippen molar-refractivity contribution < 1.29 is 4.74 Å². The fourth-order valence-electron chi connectivity index (χ4n) is 2.38. The number of hydrogen-bond acceptors (Lipinski definition) is 2. The third kappa shape index (κ3) is 2.12. The molecule has 2 aromatic rings. The highest BCUT2D eigenvalue weighted by atomic mass is 16.5. The Hall–Kier alpha value is -1.80. The average Bonchev–Trinajstić information content (AvgIpc) is 2.47. The Balaban J connectivity index is 1.91. The average molecular weight is 239 g/mol. The molecule has 1 heterocycles. The largest absolute Gasteiger partial charge is 0.378 e. The van der Waals surface area contributed by atoms with Crippen LogP contribution in [0.1, 0.15) is 5.56 Å². The fourth-order valence-corrected chi connectivity index (χ4v) is 2.38. The Morgan fingerprint density at radius 1 is 1.00 bits per heavy atom. The highest BCUT2D eigenvalue weighted by Crippen LogP contribution is 2.23. The van der Waals surface area contributed by atoms with Crippen LogP contribution in [-0.2, 0) is 4.74 Å². The second-order valence-corrected chi connectivity index (χ2v) is 4.61. The van der Waals surface area contributed by atoms with Crippen molar-refractivity contribution in [3.63, 3.8) is 0 Å². The summed E-state index contributed by atoms with van der Waals surface area (Å²) >= 11 is 0. The first-order chi connectivity index (χ1) is 8.84. The Morgan fingerprint density at radius 2 is 1.72 bits per heavy atom. The second-order valence-electron chi connectivity index (χ2n) is 4.61. The van der Waals surface area contributed by atoms with Crippen molar-refractivity contribution in [2.24, 2.45) is 0 Å². The highest BCUT2D eigenvalue weighted by molar-refractivity contribution is 5.85. The zero-order valence-corrected chi connectivity index (χ0v) is 10.4. The van der Waals surface area contributed by atoms with Gasteiger partial charge in [-0.2, -0.15) is 0 Å². The number of hydrogen-bond donors (Lipinski definition) is 0. The van der Waals surface area contributed by atoms with Gasteiger partial charge in [0.2, 0.25) is 0 Å². The van der Waals surface area contributed by atoms with Gasteiger partial charge in [0.25, 0.3) is 0 Å². The smallest absolute Gasteiger partial charge is 0.0642 e. The van der Waals surface area contributed by atoms with E-state index >= 15 is 0 Å². The zero-order valence-electron chi connectivity index (χ0n) is 10.4. The first-order valence-electron chi connectivity index (χ1n) is 6.35. The lowest BCUT2D eigenvalue weighted by Gasteiger charge is -2.30. The van der Waals surface area contributed by atoms with Crippen LogP contribution in [0.3, 0.4) is 0 Å². The standard InChI is InChI=1S/C16H17NO/c1-13(17-8-10-18-11-9-17)15-7-6-14-4-2-3-5-16(14)12-15/h2-7,12H,1,8-11H2. The van der Waals surface area contributed by atoms with Crippen LogP contribution in [0.5, 0.6) is 0 Å². The van der Waals surface area contributed by atoms with E-state index in [0.29, 0.717) is 0 Å². The van der Waals surface area contributed by atoms with E-state index in [1.54, 1.807) is 0 Å². The minimum absolute atomic E-state index is 0.798. The predicted molar refractivity (Wildman–Crippen MR) is 75.4 cm³/mol. The van der Waals surface area contributed by atoms with E-state index in [1.165, 1.54) is 16.3 Å². The number of fused-ring (bicyclic) bond motifs is 1. The molecule has 0 bridgehead atoms. The van der Waals surface area contributed by atoms with Gasteiger partial charge in [0.15, 0.2) is 0 Å². The number of nitrogens with zero attached hydrogens (tertiary/aromatic N) is 1. The van der Waals surface area contributed by atoms with Crippen LogP contribution in [0.2, 0.25) is 0 Å². The van der Waals surface area contributed by atoms with Crippen molar-refractivity contribution >= 4 is 16.5 Å². The lowest BCUT2D eigenvalue weighted by molar-refractivity contribution is 0.0641. The molecule has 18 heavy (non-hydrogen) atoms. The first-order valence-corrected chi connectivity index (χ1v) is 6.35. The van der Waals surface area contributed by atoms with E-state index in [4.69, 9.17) is 4.74 Å². The predicted octanol–water partition coefficient (Wildman–Crippen LogP) is 3.14. The van der Waals surface area contributed by atoms with Crippen molar-refractivity contribution in [3.05, 3.63) is 54.6 Å². The van der Waals surface area contributed by atoms with E-state index < -0.39 is 0 Å². The van der Waals surface area contributed by atoms with Crippen LogP contribution >= 0.6 is 0 Å². The molecule has 1 fully saturated rings. The summed E-state index contributed by atoms with van der Waals surface area (Å²) in [5, 5.41) is 2.54. The Kier molecular flexibility index (Phi) is 3.03. The number of rotatable bonds is 2. The molecule has 0 N–H and O–H groups in total. The van der Waals surface area contributed by atoms with Crippen molar-refractivity contribution in [2.45, 2.75) is 0 Å². The van der Waals surface area contributed by atoms with Gasteiger partial charge in [0.05, 0.1) is 13.2 Å². The maximum Gasteiger partial charge on any atom is 0.0642 e. The van der Waals surface area contributed by atoms with Gasteiger partial charge in [-0.1, -0.05) is 43.0 Å². The SMILES string of the molecule is C=C(c1ccc2ccccc2c1)N1CCOCC1. The van der Waals surface area contributed by atoms with Crippen LogP contribution in [0.25, 0.3) is 16.5 Å². The van der Waals surface area contributed by atoms with E-state index in [9.17, 15) is 0 Å². The van der Waals surface area contributed by atoms with Crippen molar-refractivity contribution in [2.75, 3.05) is 26.3 Å². The molecular formula is C16H17NO. The van der Waals surface area contributed by atoms with Crippen LogP contribution in [0, 0.1) is 0 Å². The second kappa shape index (κ2) is 4.83. The molecule has 0 amide bonds. The quantitative estimate of drug-likeness (QED) is 0.798. The highest BCUT2D eigenvalue weighted by Gasteiger charge is 2.13. The van der Waals surface area contributed by atoms with E-state index in [2.05, 4.69) is 53.9 Å². The van der Waals surface area contributed by atoms with Crippen LogP contribution in [-0.4, -0.2) is 31.2 Å². The van der Waals surface area contributed by atoms with E-state index in [1.807, 2.05) is 0 Å². The molecule has 0 spiro atoms. The Bertz CT molecular complexity index is 570. The fraction of sp³-hybridized carbons (Fsp3) is 0.250. The summed E-state index contributed by atoms with van der Waals surface area (Å²) in [6.07, 6.45) is 0. The molecule has 1 aliphatic rings. The lowest BCUT2D eigenvalue weighted by atomic mass is 10.0. The van der Waals surface area contributed by atoms with Gasteiger partial charge >= 0.3 is 0 Å². The molecule has 0 atom stereocenters. The molecule has 92 valence electrons. The number of morpholine rings is 1. The maximum absolute atomic E-state index is 5.37. The van der Waals surface area contributed by atoms with Crippen molar-refractivity contribution in [1.29, 1.82) is 0 Å².